The van der Waals surface area contributed by atoms with Crippen LogP contribution in [0.25, 0.3) is 76.8 Å². The second-order valence-corrected chi connectivity index (χ2v) is 10.3. The average molecular weight is 498 g/mol. The number of H-pyrrole nitrogens is 1. The molecule has 9 rings (SSSR count). The van der Waals surface area contributed by atoms with Gasteiger partial charge in [-0.2, -0.15) is 0 Å². The van der Waals surface area contributed by atoms with Crippen LogP contribution in [-0.4, -0.2) is 14.1 Å². The Labute approximate surface area is 224 Å². The molecule has 3 nitrogen and oxygen atoms in total. The summed E-state index contributed by atoms with van der Waals surface area (Å²) in [5.41, 5.74) is 9.44. The molecule has 0 unspecified atom stereocenters. The van der Waals surface area contributed by atoms with Gasteiger partial charge in [0.15, 0.2) is 0 Å². The van der Waals surface area contributed by atoms with Crippen LogP contribution in [0.5, 0.6) is 0 Å². The molecule has 0 saturated heterocycles. The quantitative estimate of drug-likeness (QED) is 0.246. The Hall–Kier alpha value is -5.28. The summed E-state index contributed by atoms with van der Waals surface area (Å²) in [6, 6.07) is 48.2. The highest BCUT2D eigenvalue weighted by molar-refractivity contribution is 6.15. The minimum atomic E-state index is 1.15. The number of para-hydroxylation sites is 5. The first-order valence-corrected chi connectivity index (χ1v) is 13.4. The predicted octanol–water partition coefficient (Wildman–Crippen LogP) is 9.52. The van der Waals surface area contributed by atoms with Gasteiger partial charge in [0.2, 0.25) is 0 Å². The van der Waals surface area contributed by atoms with Gasteiger partial charge < -0.3 is 14.1 Å². The number of hydrogen-bond donors (Lipinski definition) is 1. The van der Waals surface area contributed by atoms with Crippen molar-refractivity contribution in [3.8, 4) is 11.4 Å². The van der Waals surface area contributed by atoms with Gasteiger partial charge in [-0.05, 0) is 42.5 Å². The van der Waals surface area contributed by atoms with Crippen LogP contribution in [-0.2, 0) is 0 Å². The first kappa shape index (κ1) is 20.7. The van der Waals surface area contributed by atoms with Crippen molar-refractivity contribution in [2.75, 3.05) is 0 Å². The molecule has 1 N–H and O–H groups in total. The number of nitrogens with one attached hydrogen (secondary N) is 1. The van der Waals surface area contributed by atoms with Gasteiger partial charge in [0.05, 0.1) is 33.3 Å². The van der Waals surface area contributed by atoms with E-state index in [1.54, 1.807) is 0 Å². The highest BCUT2D eigenvalue weighted by Crippen LogP contribution is 2.40. The number of rotatable bonds is 2. The van der Waals surface area contributed by atoms with Crippen LogP contribution >= 0.6 is 0 Å². The van der Waals surface area contributed by atoms with Gasteiger partial charge in [-0.15, -0.1) is 0 Å². The van der Waals surface area contributed by atoms with Crippen LogP contribution in [0.15, 0.2) is 133 Å². The van der Waals surface area contributed by atoms with Gasteiger partial charge in [0, 0.05) is 43.5 Å². The van der Waals surface area contributed by atoms with Crippen LogP contribution in [0.1, 0.15) is 0 Å². The summed E-state index contributed by atoms with van der Waals surface area (Å²) in [5, 5.41) is 7.52. The van der Waals surface area contributed by atoms with Crippen molar-refractivity contribution in [1.29, 1.82) is 0 Å². The standard InChI is InChI=1S/C36H23N3/c1-6-16-30-24(11-1)29-21-23(38-31-17-7-2-12-25(31)26-13-3-8-18-32(26)38)22-35(36(29)37-30)39-33-19-9-4-14-27(33)28-15-5-10-20-34(28)39/h1-22,37H. The van der Waals surface area contributed by atoms with Gasteiger partial charge >= 0.3 is 0 Å². The molecule has 0 amide bonds. The molecule has 0 aliphatic heterocycles. The number of fused-ring (bicyclic) bond motifs is 9. The molecule has 9 aromatic rings. The Morgan fingerprint density at radius 3 is 1.36 bits per heavy atom. The Morgan fingerprint density at radius 1 is 0.385 bits per heavy atom. The van der Waals surface area contributed by atoms with E-state index in [9.17, 15) is 0 Å². The summed E-state index contributed by atoms with van der Waals surface area (Å²) in [6.07, 6.45) is 0. The highest BCUT2D eigenvalue weighted by Gasteiger charge is 2.19. The maximum absolute atomic E-state index is 3.78. The monoisotopic (exact) mass is 497 g/mol. The van der Waals surface area contributed by atoms with Crippen molar-refractivity contribution >= 4 is 65.4 Å². The summed E-state index contributed by atoms with van der Waals surface area (Å²) < 4.78 is 4.85. The number of aromatic amines is 1. The molecule has 0 fully saturated rings. The molecule has 0 aliphatic rings. The van der Waals surface area contributed by atoms with Gasteiger partial charge in [-0.1, -0.05) is 91.0 Å². The molecule has 39 heavy (non-hydrogen) atoms. The van der Waals surface area contributed by atoms with Crippen molar-refractivity contribution < 1.29 is 0 Å². The topological polar surface area (TPSA) is 25.6 Å². The zero-order valence-electron chi connectivity index (χ0n) is 21.1. The van der Waals surface area contributed by atoms with E-state index in [1.807, 2.05) is 0 Å². The average Bonchev–Trinajstić information content (AvgIpc) is 3.65. The molecular formula is C36H23N3. The smallest absolute Gasteiger partial charge is 0.0724 e. The molecule has 0 bridgehead atoms. The summed E-state index contributed by atoms with van der Waals surface area (Å²) in [6.45, 7) is 0. The van der Waals surface area contributed by atoms with Gasteiger partial charge in [0.1, 0.15) is 0 Å². The zero-order valence-corrected chi connectivity index (χ0v) is 21.1. The third-order valence-corrected chi connectivity index (χ3v) is 8.24. The molecule has 0 aliphatic carbocycles. The van der Waals surface area contributed by atoms with Crippen molar-refractivity contribution in [3.05, 3.63) is 133 Å². The second-order valence-electron chi connectivity index (χ2n) is 10.3. The zero-order chi connectivity index (χ0) is 25.5. The summed E-state index contributed by atoms with van der Waals surface area (Å²) in [4.78, 5) is 3.78. The van der Waals surface area contributed by atoms with E-state index in [-0.39, 0.29) is 0 Å². The highest BCUT2D eigenvalue weighted by atomic mass is 15.0. The molecule has 182 valence electrons. The van der Waals surface area contributed by atoms with E-state index in [2.05, 4.69) is 148 Å². The Balaban J connectivity index is 1.50. The maximum Gasteiger partial charge on any atom is 0.0724 e. The number of aromatic nitrogens is 3. The normalized spacial score (nSPS) is 12.1. The predicted molar refractivity (Wildman–Crippen MR) is 164 cm³/mol. The van der Waals surface area contributed by atoms with E-state index < -0.39 is 0 Å². The molecule has 6 aromatic carbocycles. The largest absolute Gasteiger partial charge is 0.353 e. The fraction of sp³-hybridized carbons (Fsp3) is 0. The van der Waals surface area contributed by atoms with E-state index in [4.69, 9.17) is 0 Å². The lowest BCUT2D eigenvalue weighted by atomic mass is 10.1. The van der Waals surface area contributed by atoms with Crippen LogP contribution in [0.3, 0.4) is 0 Å². The minimum absolute atomic E-state index is 1.15. The van der Waals surface area contributed by atoms with Crippen LogP contribution in [0, 0.1) is 0 Å². The fourth-order valence-electron chi connectivity index (χ4n) is 6.61. The van der Waals surface area contributed by atoms with E-state index in [0.717, 1.165) is 22.4 Å². The Bertz CT molecular complexity index is 2290. The summed E-state index contributed by atoms with van der Waals surface area (Å²) >= 11 is 0. The number of benzene rings is 6. The van der Waals surface area contributed by atoms with Crippen LogP contribution in [0.2, 0.25) is 0 Å². The van der Waals surface area contributed by atoms with Crippen LogP contribution < -0.4 is 0 Å². The molecule has 3 heteroatoms. The molecule has 3 heterocycles. The molecule has 0 atom stereocenters. The lowest BCUT2D eigenvalue weighted by Crippen LogP contribution is -2.00. The molecule has 0 spiro atoms. The molecule has 3 aromatic heterocycles. The van der Waals surface area contributed by atoms with E-state index in [1.165, 1.54) is 54.4 Å². The fourth-order valence-corrected chi connectivity index (χ4v) is 6.61. The first-order valence-electron chi connectivity index (χ1n) is 13.4. The third-order valence-electron chi connectivity index (χ3n) is 8.24. The Kier molecular flexibility index (Phi) is 4.05. The number of nitrogens with zero attached hydrogens (tertiary/aromatic N) is 2. The van der Waals surface area contributed by atoms with Crippen LogP contribution in [0.4, 0.5) is 0 Å². The van der Waals surface area contributed by atoms with Crippen molar-refractivity contribution in [2.24, 2.45) is 0 Å². The lowest BCUT2D eigenvalue weighted by Gasteiger charge is -2.14. The first-order chi connectivity index (χ1) is 19.4. The van der Waals surface area contributed by atoms with E-state index >= 15 is 0 Å². The third kappa shape index (κ3) is 2.76. The summed E-state index contributed by atoms with van der Waals surface area (Å²) in [5.74, 6) is 0. The maximum atomic E-state index is 3.78. The molecular weight excluding hydrogens is 474 g/mol. The SMILES string of the molecule is c1ccc2c(c1)[nH]c1c(-n3c4ccccc4c4ccccc43)cc(-n3c4ccccc4c4ccccc43)cc12. The Morgan fingerprint density at radius 2 is 0.821 bits per heavy atom. The van der Waals surface area contributed by atoms with Gasteiger partial charge in [-0.3, -0.25) is 0 Å². The second kappa shape index (κ2) is 7.62. The molecule has 0 radical (unpaired) electrons. The molecule has 0 saturated carbocycles. The number of hydrogen-bond acceptors (Lipinski definition) is 0. The van der Waals surface area contributed by atoms with Gasteiger partial charge in [-0.25, -0.2) is 0 Å². The van der Waals surface area contributed by atoms with Crippen molar-refractivity contribution in [2.45, 2.75) is 0 Å². The summed E-state index contributed by atoms with van der Waals surface area (Å²) in [7, 11) is 0. The lowest BCUT2D eigenvalue weighted by molar-refractivity contribution is 1.14. The van der Waals surface area contributed by atoms with Crippen molar-refractivity contribution in [1.82, 2.24) is 14.1 Å². The van der Waals surface area contributed by atoms with Crippen molar-refractivity contribution in [3.63, 3.8) is 0 Å². The minimum Gasteiger partial charge on any atom is -0.353 e. The van der Waals surface area contributed by atoms with Gasteiger partial charge in [0.25, 0.3) is 0 Å². The van der Waals surface area contributed by atoms with E-state index in [0.29, 0.717) is 0 Å².